The lowest BCUT2D eigenvalue weighted by Gasteiger charge is -2.21. The van der Waals surface area contributed by atoms with Gasteiger partial charge in [-0.25, -0.2) is 9.97 Å². The van der Waals surface area contributed by atoms with E-state index in [9.17, 15) is 30.4 Å². The number of rotatable bonds is 18. The first-order valence-corrected chi connectivity index (χ1v) is 14.2. The number of pyridine rings is 2. The van der Waals surface area contributed by atoms with Gasteiger partial charge in [0.1, 0.15) is 0 Å². The Morgan fingerprint density at radius 3 is 1.40 bits per heavy atom. The van der Waals surface area contributed by atoms with Crippen molar-refractivity contribution in [3.05, 3.63) is 56.9 Å². The van der Waals surface area contributed by atoms with Gasteiger partial charge in [-0.3, -0.25) is 20.2 Å². The summed E-state index contributed by atoms with van der Waals surface area (Å²) in [6.45, 7) is 7.65. The molecule has 0 aliphatic carbocycles. The van der Waals surface area contributed by atoms with Crippen LogP contribution in [0.25, 0.3) is 0 Å². The molecule has 4 atom stereocenters. The molecule has 2 heterocycles. The molecule has 224 valence electrons. The molecular weight excluding hydrogens is 516 g/mol. The number of aliphatic hydroxyl groups is 2. The third-order valence-electron chi connectivity index (χ3n) is 6.51. The van der Waals surface area contributed by atoms with Gasteiger partial charge >= 0.3 is 11.4 Å². The van der Waals surface area contributed by atoms with Gasteiger partial charge in [-0.1, -0.05) is 65.2 Å². The molecule has 0 fully saturated rings. The fraction of sp³-hybridized carbons (Fsp3) is 0.643. The molecule has 0 spiro atoms. The van der Waals surface area contributed by atoms with E-state index >= 15 is 0 Å². The van der Waals surface area contributed by atoms with Gasteiger partial charge in [0.05, 0.1) is 34.1 Å². The minimum absolute atomic E-state index is 0.0632. The first-order valence-electron chi connectivity index (χ1n) is 14.2. The number of aliphatic hydroxyl groups excluding tert-OH is 2. The summed E-state index contributed by atoms with van der Waals surface area (Å²) >= 11 is 0. The Labute approximate surface area is 236 Å². The number of unbranched alkanes of at least 4 members (excludes halogenated alkanes) is 6. The van der Waals surface area contributed by atoms with E-state index in [4.69, 9.17) is 0 Å². The molecule has 40 heavy (non-hydrogen) atoms. The molecule has 2 aromatic heterocycles. The third-order valence-corrected chi connectivity index (χ3v) is 6.51. The highest BCUT2D eigenvalue weighted by Crippen LogP contribution is 2.24. The summed E-state index contributed by atoms with van der Waals surface area (Å²) in [5.74, 6) is 0.442. The third kappa shape index (κ3) is 13.1. The van der Waals surface area contributed by atoms with Gasteiger partial charge in [0.15, 0.2) is 0 Å². The summed E-state index contributed by atoms with van der Waals surface area (Å²) in [6, 6.07) is 5.43. The molecule has 12 heteroatoms. The molecule has 2 rings (SSSR count). The number of hydrogen-bond acceptors (Lipinski definition) is 10. The monoisotopic (exact) mass is 562 g/mol. The van der Waals surface area contributed by atoms with Crippen molar-refractivity contribution in [3.63, 3.8) is 0 Å². The molecule has 0 saturated heterocycles. The molecule has 0 bridgehead atoms. The van der Waals surface area contributed by atoms with Gasteiger partial charge in [-0.15, -0.1) is 0 Å². The number of nitro groups is 2. The van der Waals surface area contributed by atoms with E-state index in [1.807, 2.05) is 0 Å². The van der Waals surface area contributed by atoms with Crippen LogP contribution >= 0.6 is 0 Å². The summed E-state index contributed by atoms with van der Waals surface area (Å²) in [5.41, 5.74) is -0.126. The van der Waals surface area contributed by atoms with E-state index in [2.05, 4.69) is 34.4 Å². The summed E-state index contributed by atoms with van der Waals surface area (Å²) in [6.07, 6.45) is 12.2. The van der Waals surface area contributed by atoms with E-state index in [0.29, 0.717) is 0 Å². The molecule has 0 aliphatic rings. The maximum absolute atomic E-state index is 10.9. The maximum atomic E-state index is 10.9. The van der Waals surface area contributed by atoms with Crippen molar-refractivity contribution >= 4 is 23.0 Å². The molecule has 4 N–H and O–H groups in total. The van der Waals surface area contributed by atoms with E-state index < -0.39 is 22.1 Å². The largest absolute Gasteiger partial charge is 0.391 e. The van der Waals surface area contributed by atoms with Crippen LogP contribution in [0.1, 0.15) is 91.9 Å². The molecule has 0 saturated carbocycles. The second kappa shape index (κ2) is 19.6. The zero-order valence-electron chi connectivity index (χ0n) is 24.2. The molecule has 0 aromatic carbocycles. The van der Waals surface area contributed by atoms with Gasteiger partial charge < -0.3 is 20.8 Å². The lowest BCUT2D eigenvalue weighted by molar-refractivity contribution is -0.384. The van der Waals surface area contributed by atoms with Gasteiger partial charge in [-0.05, 0) is 38.8 Å². The fourth-order valence-corrected chi connectivity index (χ4v) is 4.11. The predicted octanol–water partition coefficient (Wildman–Crippen LogP) is 6.24. The van der Waals surface area contributed by atoms with Crippen molar-refractivity contribution in [2.45, 2.75) is 116 Å². The van der Waals surface area contributed by atoms with Gasteiger partial charge in [0.2, 0.25) is 11.6 Å². The Bertz CT molecular complexity index is 927. The van der Waals surface area contributed by atoms with E-state index in [-0.39, 0.29) is 35.1 Å². The van der Waals surface area contributed by atoms with Crippen LogP contribution < -0.4 is 10.6 Å². The normalized spacial score (nSPS) is 13.8. The zero-order valence-corrected chi connectivity index (χ0v) is 24.2. The van der Waals surface area contributed by atoms with Crippen LogP contribution in [0.2, 0.25) is 0 Å². The molecule has 0 amide bonds. The van der Waals surface area contributed by atoms with Crippen LogP contribution in [0.4, 0.5) is 23.0 Å². The topological polar surface area (TPSA) is 177 Å². The standard InChI is InChI=1S/2C14H23N3O3/c2*1-3-4-5-6-8-12(11(2)18)16-14-13(17(19)20)9-7-10-15-14/h2*7,9-12,18H,3-6,8H2,1-2H3,(H,15,16). The number of nitrogens with one attached hydrogen (secondary N) is 2. The van der Waals surface area contributed by atoms with Gasteiger partial charge in [0.25, 0.3) is 0 Å². The van der Waals surface area contributed by atoms with E-state index in [0.717, 1.165) is 64.2 Å². The minimum atomic E-state index is -0.585. The van der Waals surface area contributed by atoms with Gasteiger partial charge in [0, 0.05) is 24.5 Å². The lowest BCUT2D eigenvalue weighted by Crippen LogP contribution is -2.32. The van der Waals surface area contributed by atoms with E-state index in [1.54, 1.807) is 13.8 Å². The van der Waals surface area contributed by atoms with Crippen LogP contribution in [0.5, 0.6) is 0 Å². The molecule has 2 aromatic rings. The SMILES string of the molecule is CCCCCCC(Nc1ncccc1[N+](=O)[O-])C(C)O.CCCCCCC(Nc1ncccc1[N+](=O)[O-])C(C)O. The Morgan fingerprint density at radius 2 is 1.10 bits per heavy atom. The molecule has 4 unspecified atom stereocenters. The highest BCUT2D eigenvalue weighted by molar-refractivity contribution is 5.56. The highest BCUT2D eigenvalue weighted by atomic mass is 16.6. The summed E-state index contributed by atoms with van der Waals surface area (Å²) in [4.78, 5) is 28.9. The Kier molecular flexibility index (Phi) is 17.0. The first kappa shape index (κ1) is 34.6. The minimum Gasteiger partial charge on any atom is -0.391 e. The maximum Gasteiger partial charge on any atom is 0.311 e. The van der Waals surface area contributed by atoms with Crippen molar-refractivity contribution in [2.75, 3.05) is 10.6 Å². The van der Waals surface area contributed by atoms with Crippen LogP contribution in [-0.2, 0) is 0 Å². The first-order chi connectivity index (χ1) is 19.1. The van der Waals surface area contributed by atoms with E-state index in [1.165, 1.54) is 36.7 Å². The van der Waals surface area contributed by atoms with Crippen LogP contribution in [-0.4, -0.2) is 54.3 Å². The van der Waals surface area contributed by atoms with Crippen molar-refractivity contribution in [3.8, 4) is 0 Å². The average molecular weight is 563 g/mol. The fourth-order valence-electron chi connectivity index (χ4n) is 4.11. The van der Waals surface area contributed by atoms with Crippen LogP contribution in [0.15, 0.2) is 36.7 Å². The van der Waals surface area contributed by atoms with Crippen molar-refractivity contribution < 1.29 is 20.1 Å². The quantitative estimate of drug-likeness (QED) is 0.0923. The van der Waals surface area contributed by atoms with Crippen LogP contribution in [0.3, 0.4) is 0 Å². The van der Waals surface area contributed by atoms with Gasteiger partial charge in [-0.2, -0.15) is 0 Å². The number of hydrogen-bond donors (Lipinski definition) is 4. The molecule has 0 aliphatic heterocycles. The second-order valence-electron chi connectivity index (χ2n) is 9.94. The summed E-state index contributed by atoms with van der Waals surface area (Å²) in [7, 11) is 0. The highest BCUT2D eigenvalue weighted by Gasteiger charge is 2.22. The second-order valence-corrected chi connectivity index (χ2v) is 9.94. The van der Waals surface area contributed by atoms with Crippen molar-refractivity contribution in [2.24, 2.45) is 0 Å². The smallest absolute Gasteiger partial charge is 0.311 e. The Morgan fingerprint density at radius 1 is 0.725 bits per heavy atom. The number of anilines is 2. The Hall–Kier alpha value is -3.38. The molecule has 0 radical (unpaired) electrons. The zero-order chi connectivity index (χ0) is 29.9. The van der Waals surface area contributed by atoms with Crippen LogP contribution in [0, 0.1) is 20.2 Å². The van der Waals surface area contributed by atoms with Crippen molar-refractivity contribution in [1.82, 2.24) is 9.97 Å². The average Bonchev–Trinajstić information content (AvgIpc) is 2.92. The lowest BCUT2D eigenvalue weighted by atomic mass is 10.0. The number of aromatic nitrogens is 2. The Balaban J connectivity index is 0.000000400. The molecule has 12 nitrogen and oxygen atoms in total. The molecular formula is C28H46N6O6. The van der Waals surface area contributed by atoms with Crippen molar-refractivity contribution in [1.29, 1.82) is 0 Å². The predicted molar refractivity (Wildman–Crippen MR) is 157 cm³/mol. The number of nitrogens with zero attached hydrogens (tertiary/aromatic N) is 4. The summed E-state index contributed by atoms with van der Waals surface area (Å²) in [5, 5.41) is 47.5. The summed E-state index contributed by atoms with van der Waals surface area (Å²) < 4.78 is 0.